The highest BCUT2D eigenvalue weighted by molar-refractivity contribution is 7.80. The molecule has 2 aromatic rings. The van der Waals surface area contributed by atoms with E-state index in [9.17, 15) is 4.79 Å². The first-order valence-corrected chi connectivity index (χ1v) is 5.38. The summed E-state index contributed by atoms with van der Waals surface area (Å²) in [7, 11) is 0. The smallest absolute Gasteiger partial charge is 0.410 e. The van der Waals surface area contributed by atoms with Crippen molar-refractivity contribution >= 4 is 29.2 Å². The number of hydrogen-bond acceptors (Lipinski definition) is 4. The number of amides is 1. The molecule has 0 aromatic carbocycles. The van der Waals surface area contributed by atoms with Gasteiger partial charge in [0.25, 0.3) is 0 Å². The van der Waals surface area contributed by atoms with Gasteiger partial charge in [-0.05, 0) is 36.5 Å². The average Bonchev–Trinajstić information content (AvgIpc) is 2.81. The van der Waals surface area contributed by atoms with Gasteiger partial charge in [-0.15, -0.1) is 0 Å². The third-order valence-electron chi connectivity index (χ3n) is 1.98. The topological polar surface area (TPSA) is 87.4 Å². The molecule has 18 heavy (non-hydrogen) atoms. The minimum atomic E-state index is -1.23. The summed E-state index contributed by atoms with van der Waals surface area (Å²) >= 11 is 4.79. The predicted molar refractivity (Wildman–Crippen MR) is 69.3 cm³/mol. The number of furan rings is 1. The van der Waals surface area contributed by atoms with Crippen molar-refractivity contribution in [2.45, 2.75) is 0 Å². The molecule has 2 heterocycles. The lowest BCUT2D eigenvalue weighted by Gasteiger charge is -2.07. The van der Waals surface area contributed by atoms with Crippen LogP contribution in [0.25, 0.3) is 11.5 Å². The molecular formula is C11H9N3O3S. The Morgan fingerprint density at radius 3 is 2.83 bits per heavy atom. The number of nitrogens with zero attached hydrogens (tertiary/aromatic N) is 1. The first kappa shape index (κ1) is 12.1. The van der Waals surface area contributed by atoms with E-state index >= 15 is 0 Å². The molecule has 6 nitrogen and oxygen atoms in total. The molecule has 2 rings (SSSR count). The van der Waals surface area contributed by atoms with Crippen molar-refractivity contribution in [1.82, 2.24) is 10.3 Å². The van der Waals surface area contributed by atoms with Gasteiger partial charge in [-0.25, -0.2) is 9.78 Å². The van der Waals surface area contributed by atoms with Gasteiger partial charge in [0.1, 0.15) is 11.5 Å². The lowest BCUT2D eigenvalue weighted by molar-refractivity contribution is 0.200. The van der Waals surface area contributed by atoms with E-state index in [1.807, 2.05) is 5.32 Å². The van der Waals surface area contributed by atoms with Crippen LogP contribution in [0, 0.1) is 0 Å². The van der Waals surface area contributed by atoms with Crippen LogP contribution in [0.5, 0.6) is 0 Å². The van der Waals surface area contributed by atoms with Gasteiger partial charge >= 0.3 is 6.09 Å². The number of hydrogen-bond donors (Lipinski definition) is 3. The van der Waals surface area contributed by atoms with Crippen molar-refractivity contribution in [3.8, 4) is 11.5 Å². The third kappa shape index (κ3) is 3.05. The van der Waals surface area contributed by atoms with E-state index in [1.165, 1.54) is 0 Å². The highest BCUT2D eigenvalue weighted by Gasteiger charge is 2.05. The molecule has 0 fully saturated rings. The van der Waals surface area contributed by atoms with Crippen LogP contribution in [0.3, 0.4) is 0 Å². The number of rotatable bonds is 2. The molecule has 0 aliphatic rings. The van der Waals surface area contributed by atoms with Crippen LogP contribution in [0.15, 0.2) is 41.0 Å². The molecule has 0 saturated heterocycles. The minimum Gasteiger partial charge on any atom is -0.465 e. The first-order chi connectivity index (χ1) is 8.65. The molecule has 0 saturated carbocycles. The SMILES string of the molecule is O=C(O)NC(=S)Nc1cccc(-c2ccco2)n1. The standard InChI is InChI=1S/C11H9N3O3S/c15-11(16)14-10(18)13-9-5-1-3-7(12-9)8-4-2-6-17-8/h1-6H,(H,15,16)(H2,12,13,14,18). The summed E-state index contributed by atoms with van der Waals surface area (Å²) in [5.74, 6) is 1.05. The molecule has 7 heteroatoms. The van der Waals surface area contributed by atoms with Crippen LogP contribution in [0.1, 0.15) is 0 Å². The summed E-state index contributed by atoms with van der Waals surface area (Å²) in [4.78, 5) is 14.6. The summed E-state index contributed by atoms with van der Waals surface area (Å²) in [6.45, 7) is 0. The Bertz CT molecular complexity index is 569. The summed E-state index contributed by atoms with van der Waals surface area (Å²) in [6, 6.07) is 8.74. The zero-order valence-corrected chi connectivity index (χ0v) is 9.90. The van der Waals surface area contributed by atoms with E-state index in [0.717, 1.165) is 0 Å². The van der Waals surface area contributed by atoms with E-state index < -0.39 is 6.09 Å². The van der Waals surface area contributed by atoms with E-state index in [-0.39, 0.29) is 5.11 Å². The van der Waals surface area contributed by atoms with E-state index in [4.69, 9.17) is 21.7 Å². The highest BCUT2D eigenvalue weighted by Crippen LogP contribution is 2.18. The highest BCUT2D eigenvalue weighted by atomic mass is 32.1. The number of carbonyl (C=O) groups is 1. The summed E-state index contributed by atoms with van der Waals surface area (Å²) < 4.78 is 5.21. The van der Waals surface area contributed by atoms with Crippen LogP contribution in [-0.2, 0) is 0 Å². The maximum Gasteiger partial charge on any atom is 0.410 e. The second-order valence-electron chi connectivity index (χ2n) is 3.27. The molecule has 0 radical (unpaired) electrons. The van der Waals surface area contributed by atoms with Crippen LogP contribution >= 0.6 is 12.2 Å². The van der Waals surface area contributed by atoms with Crippen LogP contribution in [0.4, 0.5) is 10.6 Å². The fourth-order valence-corrected chi connectivity index (χ4v) is 1.50. The predicted octanol–water partition coefficient (Wildman–Crippen LogP) is 2.31. The van der Waals surface area contributed by atoms with Gasteiger partial charge in [-0.1, -0.05) is 6.07 Å². The number of aromatic nitrogens is 1. The van der Waals surface area contributed by atoms with Crippen LogP contribution < -0.4 is 10.6 Å². The van der Waals surface area contributed by atoms with Crippen molar-refractivity contribution in [3.05, 3.63) is 36.6 Å². The Hall–Kier alpha value is -2.41. The van der Waals surface area contributed by atoms with Gasteiger partial charge in [0, 0.05) is 0 Å². The normalized spacial score (nSPS) is 9.78. The van der Waals surface area contributed by atoms with Gasteiger partial charge in [0.2, 0.25) is 0 Å². The van der Waals surface area contributed by atoms with E-state index in [0.29, 0.717) is 17.3 Å². The first-order valence-electron chi connectivity index (χ1n) is 4.97. The molecule has 0 spiro atoms. The van der Waals surface area contributed by atoms with Gasteiger partial charge in [-0.2, -0.15) is 0 Å². The minimum absolute atomic E-state index is 0.0356. The molecular weight excluding hydrogens is 254 g/mol. The number of nitrogens with one attached hydrogen (secondary N) is 2. The molecule has 0 aliphatic heterocycles. The molecule has 0 atom stereocenters. The van der Waals surface area contributed by atoms with Crippen molar-refractivity contribution < 1.29 is 14.3 Å². The van der Waals surface area contributed by atoms with E-state index in [2.05, 4.69) is 10.3 Å². The lowest BCUT2D eigenvalue weighted by atomic mass is 10.3. The molecule has 0 aliphatic carbocycles. The molecule has 0 bridgehead atoms. The Morgan fingerprint density at radius 2 is 2.17 bits per heavy atom. The van der Waals surface area contributed by atoms with E-state index in [1.54, 1.807) is 36.6 Å². The maximum absolute atomic E-state index is 10.4. The molecule has 0 unspecified atom stereocenters. The number of thiocarbonyl (C=S) groups is 1. The van der Waals surface area contributed by atoms with Crippen LogP contribution in [0.2, 0.25) is 0 Å². The molecule has 92 valence electrons. The van der Waals surface area contributed by atoms with Crippen molar-refractivity contribution in [1.29, 1.82) is 0 Å². The summed E-state index contributed by atoms with van der Waals surface area (Å²) in [6.07, 6.45) is 0.322. The molecule has 2 aromatic heterocycles. The fourth-order valence-electron chi connectivity index (χ4n) is 1.31. The fraction of sp³-hybridized carbons (Fsp3) is 0. The van der Waals surface area contributed by atoms with Gasteiger partial charge in [0.05, 0.1) is 6.26 Å². The Kier molecular flexibility index (Phi) is 3.54. The zero-order valence-electron chi connectivity index (χ0n) is 9.08. The largest absolute Gasteiger partial charge is 0.465 e. The quantitative estimate of drug-likeness (QED) is 0.721. The second kappa shape index (κ2) is 5.28. The van der Waals surface area contributed by atoms with Crippen molar-refractivity contribution in [2.75, 3.05) is 5.32 Å². The zero-order chi connectivity index (χ0) is 13.0. The average molecular weight is 263 g/mol. The lowest BCUT2D eigenvalue weighted by Crippen LogP contribution is -2.32. The number of anilines is 1. The summed E-state index contributed by atoms with van der Waals surface area (Å²) in [5, 5.41) is 13.1. The van der Waals surface area contributed by atoms with Crippen LogP contribution in [-0.4, -0.2) is 21.3 Å². The van der Waals surface area contributed by atoms with Gasteiger partial charge in [-0.3, -0.25) is 5.32 Å². The Labute approximate surface area is 108 Å². The summed E-state index contributed by atoms with van der Waals surface area (Å²) in [5.41, 5.74) is 0.628. The number of pyridine rings is 1. The monoisotopic (exact) mass is 263 g/mol. The molecule has 3 N–H and O–H groups in total. The Balaban J connectivity index is 2.13. The second-order valence-corrected chi connectivity index (χ2v) is 3.68. The molecule has 1 amide bonds. The van der Waals surface area contributed by atoms with Gasteiger partial charge < -0.3 is 14.8 Å². The third-order valence-corrected chi connectivity index (χ3v) is 2.19. The van der Waals surface area contributed by atoms with Crippen molar-refractivity contribution in [3.63, 3.8) is 0 Å². The Morgan fingerprint density at radius 1 is 1.33 bits per heavy atom. The maximum atomic E-state index is 10.4. The number of carboxylic acid groups (broad SMARTS) is 1. The van der Waals surface area contributed by atoms with Crippen molar-refractivity contribution in [2.24, 2.45) is 0 Å². The van der Waals surface area contributed by atoms with Gasteiger partial charge in [0.15, 0.2) is 10.9 Å².